The van der Waals surface area contributed by atoms with Crippen molar-refractivity contribution < 1.29 is 64.1 Å². The number of alkyl halides is 6. The number of nitriles is 1. The maximum atomic E-state index is 15.9. The molecule has 24 heteroatoms. The van der Waals surface area contributed by atoms with Crippen molar-refractivity contribution in [3.05, 3.63) is 105 Å². The molecule has 3 aromatic heterocycles. The Kier molecular flexibility index (Phi) is 15.4. The molecule has 2 aliphatic rings. The minimum Gasteiger partial charge on any atom is -0.494 e. The van der Waals surface area contributed by atoms with Crippen molar-refractivity contribution in [2.24, 2.45) is 5.41 Å². The number of aliphatic hydroxyl groups is 1. The number of thiazole rings is 2. The average molecular weight is 1060 g/mol. The minimum absolute atomic E-state index is 0.0596. The van der Waals surface area contributed by atoms with Crippen LogP contribution in [-0.4, -0.2) is 86.7 Å². The molecule has 0 radical (unpaired) electrons. The molecule has 0 saturated carbocycles. The van der Waals surface area contributed by atoms with Crippen molar-refractivity contribution in [1.29, 1.82) is 5.26 Å². The van der Waals surface area contributed by atoms with E-state index in [9.17, 15) is 51.1 Å². The summed E-state index contributed by atoms with van der Waals surface area (Å²) in [7, 11) is 0. The van der Waals surface area contributed by atoms with Crippen LogP contribution in [0, 0.1) is 35.3 Å². The molecule has 0 spiro atoms. The number of hydrogen-bond acceptors (Lipinski definition) is 13. The van der Waals surface area contributed by atoms with Crippen LogP contribution in [0.25, 0.3) is 21.8 Å². The number of aliphatic hydroxyl groups excluding tert-OH is 1. The second kappa shape index (κ2) is 20.8. The van der Waals surface area contributed by atoms with Gasteiger partial charge in [-0.15, -0.1) is 22.7 Å². The lowest BCUT2D eigenvalue weighted by Gasteiger charge is -2.35. The van der Waals surface area contributed by atoms with E-state index < -0.39 is 111 Å². The molecule has 7 rings (SSSR count). The molecular formula is C49H48F8N8O6S2. The molecule has 2 N–H and O–H groups in total. The summed E-state index contributed by atoms with van der Waals surface area (Å²) in [4.78, 5) is 57.8. The second-order valence-electron chi connectivity index (χ2n) is 18.8. The molecule has 2 aliphatic heterocycles. The fourth-order valence-corrected chi connectivity index (χ4v) is 10.4. The van der Waals surface area contributed by atoms with E-state index in [-0.39, 0.29) is 49.9 Å². The van der Waals surface area contributed by atoms with Gasteiger partial charge in [-0.2, -0.15) is 31.6 Å². The third kappa shape index (κ3) is 11.2. The van der Waals surface area contributed by atoms with Crippen LogP contribution in [0.4, 0.5) is 46.5 Å². The van der Waals surface area contributed by atoms with Crippen molar-refractivity contribution in [3.63, 3.8) is 0 Å². The maximum Gasteiger partial charge on any atom is 0.420 e. The summed E-state index contributed by atoms with van der Waals surface area (Å²) >= 11 is 2.83. The number of halogens is 8. The van der Waals surface area contributed by atoms with E-state index in [2.05, 4.69) is 21.9 Å². The van der Waals surface area contributed by atoms with Crippen molar-refractivity contribution in [3.8, 4) is 33.6 Å². The largest absolute Gasteiger partial charge is 0.494 e. The molecule has 0 aliphatic carbocycles. The number of carbonyl (C=O) groups is 3. The van der Waals surface area contributed by atoms with Gasteiger partial charge in [0, 0.05) is 36.6 Å². The Balaban J connectivity index is 0.942. The SMILES string of the molecule is C=C1N(c2ccc(C#N)c(C(F)(F)F)c2F)C(=O)C(C)(C)N1c1cnc(-c2ccc(OCCCCOCC(=O)N[C@H](C(=O)N3C[C@H](O)C[C@H]3c3nc(-c4scnc4C)cs3)C(C)(C)C)cc2C(F)(F)F)c(F)c1. The number of β-amino-alcohol motifs (C(OH)–C–C–N with tert-alkyl or cyclic N) is 1. The van der Waals surface area contributed by atoms with Gasteiger partial charge in [0.2, 0.25) is 11.8 Å². The molecule has 2 aromatic carbocycles. The first-order chi connectivity index (χ1) is 34.1. The first-order valence-electron chi connectivity index (χ1n) is 22.5. The number of carbonyl (C=O) groups excluding carboxylic acids is 3. The molecule has 0 unspecified atom stereocenters. The van der Waals surface area contributed by atoms with Gasteiger partial charge in [0.1, 0.15) is 46.0 Å². The highest BCUT2D eigenvalue weighted by Gasteiger charge is 2.51. The number of nitrogens with zero attached hydrogens (tertiary/aromatic N) is 7. The topological polar surface area (TPSA) is 174 Å². The number of pyridine rings is 1. The van der Waals surface area contributed by atoms with Gasteiger partial charge in [0.05, 0.1) is 75.3 Å². The van der Waals surface area contributed by atoms with Crippen LogP contribution in [0.3, 0.4) is 0 Å². The Morgan fingerprint density at radius 3 is 2.37 bits per heavy atom. The molecule has 73 heavy (non-hydrogen) atoms. The van der Waals surface area contributed by atoms with Gasteiger partial charge < -0.3 is 29.7 Å². The normalized spacial score (nSPS) is 17.6. The lowest BCUT2D eigenvalue weighted by atomic mass is 9.85. The predicted molar refractivity (Wildman–Crippen MR) is 254 cm³/mol. The van der Waals surface area contributed by atoms with E-state index in [1.807, 2.05) is 12.3 Å². The van der Waals surface area contributed by atoms with Crippen molar-refractivity contribution in [1.82, 2.24) is 25.2 Å². The average Bonchev–Trinajstić information content (AvgIpc) is 4.09. The highest BCUT2D eigenvalue weighted by Crippen LogP contribution is 2.46. The van der Waals surface area contributed by atoms with Crippen molar-refractivity contribution in [2.75, 3.05) is 36.2 Å². The van der Waals surface area contributed by atoms with E-state index in [4.69, 9.17) is 14.5 Å². The Morgan fingerprint density at radius 2 is 1.74 bits per heavy atom. The van der Waals surface area contributed by atoms with Gasteiger partial charge in [0.15, 0.2) is 11.6 Å². The van der Waals surface area contributed by atoms with E-state index in [0.29, 0.717) is 28.5 Å². The van der Waals surface area contributed by atoms with Crippen molar-refractivity contribution in [2.45, 2.75) is 96.9 Å². The van der Waals surface area contributed by atoms with Crippen LogP contribution in [0.1, 0.15) is 87.3 Å². The van der Waals surface area contributed by atoms with Gasteiger partial charge in [-0.25, -0.2) is 18.7 Å². The zero-order chi connectivity index (χ0) is 53.5. The number of nitrogens with one attached hydrogen (secondary N) is 1. The molecular weight excluding hydrogens is 1010 g/mol. The Hall–Kier alpha value is -6.55. The summed E-state index contributed by atoms with van der Waals surface area (Å²) in [6, 6.07) is 4.82. The summed E-state index contributed by atoms with van der Waals surface area (Å²) in [5.41, 5.74) is -6.01. The van der Waals surface area contributed by atoms with E-state index >= 15 is 8.78 Å². The molecule has 14 nitrogen and oxygen atoms in total. The number of rotatable bonds is 15. The number of aryl methyl sites for hydroxylation is 1. The lowest BCUT2D eigenvalue weighted by Crippen LogP contribution is -2.55. The second-order valence-corrected chi connectivity index (χ2v) is 20.6. The first-order valence-corrected chi connectivity index (χ1v) is 24.3. The van der Waals surface area contributed by atoms with Gasteiger partial charge >= 0.3 is 12.4 Å². The summed E-state index contributed by atoms with van der Waals surface area (Å²) in [5.74, 6) is -5.80. The summed E-state index contributed by atoms with van der Waals surface area (Å²) in [5, 5.41) is 25.1. The number of hydrogen-bond donors (Lipinski definition) is 2. The van der Waals surface area contributed by atoms with E-state index in [1.165, 1.54) is 48.7 Å². The number of aromatic nitrogens is 3. The predicted octanol–water partition coefficient (Wildman–Crippen LogP) is 9.97. The summed E-state index contributed by atoms with van der Waals surface area (Å²) in [6.07, 6.45) is -9.33. The smallest absolute Gasteiger partial charge is 0.420 e. The van der Waals surface area contributed by atoms with Gasteiger partial charge in [-0.05, 0) is 69.4 Å². The van der Waals surface area contributed by atoms with Gasteiger partial charge in [0.25, 0.3) is 5.91 Å². The van der Waals surface area contributed by atoms with Gasteiger partial charge in [-0.1, -0.05) is 27.4 Å². The monoisotopic (exact) mass is 1060 g/mol. The zero-order valence-electron chi connectivity index (χ0n) is 40.0. The Morgan fingerprint density at radius 1 is 1.03 bits per heavy atom. The third-order valence-electron chi connectivity index (χ3n) is 12.2. The summed E-state index contributed by atoms with van der Waals surface area (Å²) in [6.45, 7) is 13.2. The molecule has 3 amide bonds. The Bertz CT molecular complexity index is 2980. The third-order valence-corrected chi connectivity index (χ3v) is 14.1. The number of benzene rings is 2. The molecule has 5 heterocycles. The van der Waals surface area contributed by atoms with E-state index in [0.717, 1.165) is 45.6 Å². The quantitative estimate of drug-likeness (QED) is 0.0755. The van der Waals surface area contributed by atoms with Crippen LogP contribution < -0.4 is 19.9 Å². The highest BCUT2D eigenvalue weighted by atomic mass is 32.1. The maximum absolute atomic E-state index is 15.9. The zero-order valence-corrected chi connectivity index (χ0v) is 41.7. The molecule has 3 atom stereocenters. The molecule has 5 aromatic rings. The molecule has 388 valence electrons. The van der Waals surface area contributed by atoms with Crippen LogP contribution >= 0.6 is 22.7 Å². The number of anilines is 2. The highest BCUT2D eigenvalue weighted by molar-refractivity contribution is 7.14. The molecule has 2 fully saturated rings. The molecule has 0 bridgehead atoms. The fraction of sp³-hybridized carbons (Fsp3) is 0.408. The standard InChI is InChI=1S/C49H48F8N8O6S2/c1-25-41(73-24-60-25)34-23-72-43(61-34)36-17-29(66)21-63(36)44(68)42(46(3,4)5)62-37(67)22-70-14-8-9-15-71-30-11-12-31(32(18-30)48(52,53)54)40-33(50)16-28(20-59-40)65-26(2)64(45(69)47(65,6)7)35-13-10-27(19-58)38(39(35)51)49(55,56)57/h10-13,16,18,20,23-24,29,36,42,66H,2,8-9,14-15,17,21-22H2,1,3-7H3,(H,62,67)/t29-,36+,42-/m1/s1. The number of ether oxygens (including phenoxy) is 2. The van der Waals surface area contributed by atoms with Gasteiger partial charge in [-0.3, -0.25) is 24.3 Å². The lowest BCUT2D eigenvalue weighted by molar-refractivity contribution is -0.141. The van der Waals surface area contributed by atoms with E-state index in [1.54, 1.807) is 31.2 Å². The minimum atomic E-state index is -5.32. The van der Waals surface area contributed by atoms with Crippen LogP contribution in [0.15, 0.2) is 65.9 Å². The molecule has 2 saturated heterocycles. The first kappa shape index (κ1) is 54.2. The van der Waals surface area contributed by atoms with Crippen LogP contribution in [0.2, 0.25) is 0 Å². The Labute approximate surface area is 421 Å². The van der Waals surface area contributed by atoms with Crippen LogP contribution in [0.5, 0.6) is 5.75 Å². The van der Waals surface area contributed by atoms with Crippen LogP contribution in [-0.2, 0) is 31.5 Å². The number of amides is 3. The number of likely N-dealkylation sites (tertiary alicyclic amines) is 1. The fourth-order valence-electron chi connectivity index (χ4n) is 8.60. The summed E-state index contributed by atoms with van der Waals surface area (Å²) < 4.78 is 127. The van der Waals surface area contributed by atoms with Crippen molar-refractivity contribution >= 4 is 51.8 Å². The number of unbranched alkanes of at least 4 members (excludes halogenated alkanes) is 1.